The lowest BCUT2D eigenvalue weighted by Gasteiger charge is -2.01. The number of carbonyl (C=O) groups excluding carboxylic acids is 1. The number of amides is 1. The summed E-state index contributed by atoms with van der Waals surface area (Å²) in [7, 11) is 1.59. The SMILES string of the molecule is C=C/C(=C\C=C/C)Cn1ccc(C(=O)NC)n1.CC.CC. The first-order valence-corrected chi connectivity index (χ1v) is 7.41. The average molecular weight is 291 g/mol. The van der Waals surface area contributed by atoms with Gasteiger partial charge in [-0.1, -0.05) is 58.6 Å². The van der Waals surface area contributed by atoms with Gasteiger partial charge in [-0.05, 0) is 18.6 Å². The van der Waals surface area contributed by atoms with Gasteiger partial charge in [0.25, 0.3) is 5.91 Å². The second-order valence-electron chi connectivity index (χ2n) is 3.45. The van der Waals surface area contributed by atoms with E-state index in [-0.39, 0.29) is 5.91 Å². The maximum absolute atomic E-state index is 11.3. The standard InChI is InChI=1S/C13H17N3O.2C2H6/c1-4-6-7-11(5-2)10-16-9-8-12(15-16)13(17)14-3;2*1-2/h4-9H,2,10H2,1,3H3,(H,14,17);2*1-2H3/b6-4-,11-7+;;. The smallest absolute Gasteiger partial charge is 0.271 e. The molecule has 0 aliphatic carbocycles. The van der Waals surface area contributed by atoms with Gasteiger partial charge in [0.05, 0.1) is 6.54 Å². The van der Waals surface area contributed by atoms with Gasteiger partial charge in [0, 0.05) is 13.2 Å². The van der Waals surface area contributed by atoms with Crippen molar-refractivity contribution in [3.63, 3.8) is 0 Å². The molecule has 0 unspecified atom stereocenters. The summed E-state index contributed by atoms with van der Waals surface area (Å²) in [5.41, 5.74) is 1.46. The topological polar surface area (TPSA) is 46.9 Å². The lowest BCUT2D eigenvalue weighted by atomic mass is 10.2. The largest absolute Gasteiger partial charge is 0.354 e. The van der Waals surface area contributed by atoms with Crippen LogP contribution in [0.15, 0.2) is 48.7 Å². The van der Waals surface area contributed by atoms with Crippen LogP contribution in [0.1, 0.15) is 45.1 Å². The van der Waals surface area contributed by atoms with Crippen molar-refractivity contribution in [1.82, 2.24) is 15.1 Å². The zero-order valence-electron chi connectivity index (χ0n) is 14.2. The first-order valence-electron chi connectivity index (χ1n) is 7.41. The molecule has 1 N–H and O–H groups in total. The molecule has 0 bridgehead atoms. The van der Waals surface area contributed by atoms with Crippen LogP contribution in [-0.2, 0) is 6.54 Å². The number of rotatable bonds is 5. The number of nitrogens with one attached hydrogen (secondary N) is 1. The van der Waals surface area contributed by atoms with Crippen molar-refractivity contribution < 1.29 is 4.79 Å². The highest BCUT2D eigenvalue weighted by Gasteiger charge is 2.06. The van der Waals surface area contributed by atoms with Gasteiger partial charge in [-0.3, -0.25) is 9.48 Å². The lowest BCUT2D eigenvalue weighted by molar-refractivity contribution is 0.0957. The minimum Gasteiger partial charge on any atom is -0.354 e. The van der Waals surface area contributed by atoms with Crippen molar-refractivity contribution >= 4 is 5.91 Å². The molecule has 0 atom stereocenters. The van der Waals surface area contributed by atoms with E-state index in [4.69, 9.17) is 0 Å². The molecule has 1 amide bonds. The quantitative estimate of drug-likeness (QED) is 0.834. The first-order chi connectivity index (χ1) is 10.2. The van der Waals surface area contributed by atoms with Gasteiger partial charge in [0.15, 0.2) is 0 Å². The third-order valence-corrected chi connectivity index (χ3v) is 2.21. The summed E-state index contributed by atoms with van der Waals surface area (Å²) >= 11 is 0. The molecule has 1 aromatic heterocycles. The molecule has 0 saturated heterocycles. The monoisotopic (exact) mass is 291 g/mol. The Morgan fingerprint density at radius 3 is 2.48 bits per heavy atom. The molecule has 0 fully saturated rings. The molecule has 4 nitrogen and oxygen atoms in total. The van der Waals surface area contributed by atoms with Crippen LogP contribution in [0.4, 0.5) is 0 Å². The van der Waals surface area contributed by atoms with Crippen molar-refractivity contribution in [2.45, 2.75) is 41.2 Å². The number of aromatic nitrogens is 2. The number of carbonyl (C=O) groups is 1. The molecule has 0 radical (unpaired) electrons. The lowest BCUT2D eigenvalue weighted by Crippen LogP contribution is -2.18. The molecule has 0 spiro atoms. The molecular formula is C17H29N3O. The number of nitrogens with zero attached hydrogens (tertiary/aromatic N) is 2. The van der Waals surface area contributed by atoms with Crippen molar-refractivity contribution in [3.05, 3.63) is 54.4 Å². The van der Waals surface area contributed by atoms with E-state index in [1.807, 2.05) is 52.8 Å². The van der Waals surface area contributed by atoms with Crippen molar-refractivity contribution in [2.75, 3.05) is 7.05 Å². The van der Waals surface area contributed by atoms with Crippen LogP contribution in [0, 0.1) is 0 Å². The Kier molecular flexibility index (Phi) is 14.5. The normalized spacial score (nSPS) is 10.1. The van der Waals surface area contributed by atoms with Gasteiger partial charge in [0.1, 0.15) is 5.69 Å². The Bertz CT molecular complexity index is 456. The summed E-state index contributed by atoms with van der Waals surface area (Å²) in [6, 6.07) is 1.69. The van der Waals surface area contributed by atoms with Crippen LogP contribution >= 0.6 is 0 Å². The van der Waals surface area contributed by atoms with Gasteiger partial charge in [-0.2, -0.15) is 5.10 Å². The molecule has 0 aliphatic heterocycles. The van der Waals surface area contributed by atoms with E-state index >= 15 is 0 Å². The van der Waals surface area contributed by atoms with E-state index in [1.165, 1.54) is 0 Å². The molecule has 1 rings (SSSR count). The third kappa shape index (κ3) is 8.63. The van der Waals surface area contributed by atoms with Crippen LogP contribution in [0.5, 0.6) is 0 Å². The summed E-state index contributed by atoms with van der Waals surface area (Å²) in [6.45, 7) is 14.3. The second kappa shape index (κ2) is 14.3. The van der Waals surface area contributed by atoms with E-state index in [0.29, 0.717) is 12.2 Å². The highest BCUT2D eigenvalue weighted by molar-refractivity contribution is 5.91. The average Bonchev–Trinajstić information content (AvgIpc) is 3.03. The molecule has 21 heavy (non-hydrogen) atoms. The fraction of sp³-hybridized carbons (Fsp3) is 0.412. The van der Waals surface area contributed by atoms with Crippen LogP contribution in [-0.4, -0.2) is 22.7 Å². The Morgan fingerprint density at radius 2 is 2.00 bits per heavy atom. The minimum absolute atomic E-state index is 0.179. The molecule has 0 aliphatic rings. The Balaban J connectivity index is 0. The second-order valence-corrected chi connectivity index (χ2v) is 3.45. The summed E-state index contributed by atoms with van der Waals surface area (Å²) in [5, 5.41) is 6.70. The zero-order valence-corrected chi connectivity index (χ0v) is 14.2. The fourth-order valence-electron chi connectivity index (χ4n) is 1.29. The maximum Gasteiger partial charge on any atom is 0.271 e. The molecule has 0 saturated carbocycles. The Morgan fingerprint density at radius 1 is 1.38 bits per heavy atom. The molecular weight excluding hydrogens is 262 g/mol. The van der Waals surface area contributed by atoms with Crippen LogP contribution < -0.4 is 5.32 Å². The molecule has 1 aromatic rings. The molecule has 0 aromatic carbocycles. The first kappa shape index (κ1) is 21.2. The van der Waals surface area contributed by atoms with Crippen molar-refractivity contribution in [3.8, 4) is 0 Å². The van der Waals surface area contributed by atoms with Crippen molar-refractivity contribution in [1.29, 1.82) is 0 Å². The summed E-state index contributed by atoms with van der Waals surface area (Å²) in [4.78, 5) is 11.3. The maximum atomic E-state index is 11.3. The number of hydrogen-bond donors (Lipinski definition) is 1. The van der Waals surface area contributed by atoms with Gasteiger partial charge in [-0.15, -0.1) is 0 Å². The van der Waals surface area contributed by atoms with Crippen LogP contribution in [0.3, 0.4) is 0 Å². The van der Waals surface area contributed by atoms with Gasteiger partial charge < -0.3 is 5.32 Å². The van der Waals surface area contributed by atoms with E-state index in [1.54, 1.807) is 30.1 Å². The van der Waals surface area contributed by atoms with Crippen LogP contribution in [0.25, 0.3) is 0 Å². The Labute approximate surface area is 129 Å². The highest BCUT2D eigenvalue weighted by Crippen LogP contribution is 2.03. The number of hydrogen-bond acceptors (Lipinski definition) is 2. The number of allylic oxidation sites excluding steroid dienone is 5. The Hall–Kier alpha value is -2.10. The predicted molar refractivity (Wildman–Crippen MR) is 91.4 cm³/mol. The highest BCUT2D eigenvalue weighted by atomic mass is 16.1. The summed E-state index contributed by atoms with van der Waals surface area (Å²) in [5.74, 6) is -0.179. The third-order valence-electron chi connectivity index (χ3n) is 2.21. The molecule has 1 heterocycles. The summed E-state index contributed by atoms with van der Waals surface area (Å²) < 4.78 is 1.71. The van der Waals surface area contributed by atoms with Crippen molar-refractivity contribution in [2.24, 2.45) is 0 Å². The minimum atomic E-state index is -0.179. The van der Waals surface area contributed by atoms with Gasteiger partial charge in [0.2, 0.25) is 0 Å². The molecule has 4 heteroatoms. The van der Waals surface area contributed by atoms with E-state index in [9.17, 15) is 4.79 Å². The van der Waals surface area contributed by atoms with Gasteiger partial charge in [-0.25, -0.2) is 0 Å². The molecule has 118 valence electrons. The predicted octanol–water partition coefficient (Wildman–Crippen LogP) is 3.98. The van der Waals surface area contributed by atoms with E-state index in [0.717, 1.165) is 5.57 Å². The summed E-state index contributed by atoms with van der Waals surface area (Å²) in [6.07, 6.45) is 9.41. The van der Waals surface area contributed by atoms with E-state index in [2.05, 4.69) is 17.0 Å². The van der Waals surface area contributed by atoms with Crippen LogP contribution in [0.2, 0.25) is 0 Å². The van der Waals surface area contributed by atoms with Gasteiger partial charge >= 0.3 is 0 Å². The fourth-order valence-corrected chi connectivity index (χ4v) is 1.29. The van der Waals surface area contributed by atoms with E-state index < -0.39 is 0 Å². The zero-order chi connectivity index (χ0) is 16.7.